The summed E-state index contributed by atoms with van der Waals surface area (Å²) in [5.74, 6) is -0.335. The lowest BCUT2D eigenvalue weighted by molar-refractivity contribution is 0.0989. The van der Waals surface area contributed by atoms with Crippen molar-refractivity contribution in [2.24, 2.45) is 0 Å². The highest BCUT2D eigenvalue weighted by Gasteiger charge is 2.26. The zero-order valence-corrected chi connectivity index (χ0v) is 12.0. The minimum Gasteiger partial charge on any atom is -0.503 e. The Morgan fingerprint density at radius 2 is 2.14 bits per heavy atom. The molecule has 0 atom stereocenters. The van der Waals surface area contributed by atoms with Crippen LogP contribution in [0.5, 0.6) is 11.5 Å². The molecule has 0 saturated heterocycles. The van der Waals surface area contributed by atoms with Gasteiger partial charge >= 0.3 is 0 Å². The SMILES string of the molecule is COc1cc(C(=O)N2CCc3ccccc32)cc(C#N)c1O. The van der Waals surface area contributed by atoms with Crippen LogP contribution in [0, 0.1) is 11.3 Å². The molecule has 0 unspecified atom stereocenters. The van der Waals surface area contributed by atoms with Crippen LogP contribution in [0.15, 0.2) is 36.4 Å². The van der Waals surface area contributed by atoms with Crippen LogP contribution in [-0.2, 0) is 6.42 Å². The van der Waals surface area contributed by atoms with Crippen LogP contribution >= 0.6 is 0 Å². The highest BCUT2D eigenvalue weighted by molar-refractivity contribution is 6.07. The molecule has 0 aliphatic carbocycles. The molecule has 1 aliphatic rings. The van der Waals surface area contributed by atoms with E-state index in [2.05, 4.69) is 0 Å². The Morgan fingerprint density at radius 3 is 2.86 bits per heavy atom. The Bertz CT molecular complexity index is 793. The summed E-state index contributed by atoms with van der Waals surface area (Å²) in [7, 11) is 1.38. The summed E-state index contributed by atoms with van der Waals surface area (Å²) in [6, 6.07) is 12.5. The third-order valence-electron chi connectivity index (χ3n) is 3.79. The number of nitriles is 1. The average Bonchev–Trinajstić information content (AvgIpc) is 2.98. The monoisotopic (exact) mass is 294 g/mol. The molecule has 5 heteroatoms. The van der Waals surface area contributed by atoms with Crippen LogP contribution in [0.2, 0.25) is 0 Å². The Morgan fingerprint density at radius 1 is 1.36 bits per heavy atom. The Kier molecular flexibility index (Phi) is 3.43. The maximum absolute atomic E-state index is 12.7. The van der Waals surface area contributed by atoms with Gasteiger partial charge in [0.2, 0.25) is 0 Å². The molecule has 0 radical (unpaired) electrons. The smallest absolute Gasteiger partial charge is 0.258 e. The maximum Gasteiger partial charge on any atom is 0.258 e. The van der Waals surface area contributed by atoms with Gasteiger partial charge in [-0.3, -0.25) is 4.79 Å². The molecule has 5 nitrogen and oxygen atoms in total. The number of carbonyl (C=O) groups is 1. The lowest BCUT2D eigenvalue weighted by Crippen LogP contribution is -2.28. The molecule has 1 aliphatic heterocycles. The van der Waals surface area contributed by atoms with Crippen LogP contribution in [-0.4, -0.2) is 24.7 Å². The third-order valence-corrected chi connectivity index (χ3v) is 3.79. The van der Waals surface area contributed by atoms with Gasteiger partial charge in [-0.25, -0.2) is 0 Å². The minimum atomic E-state index is -0.247. The van der Waals surface area contributed by atoms with E-state index in [-0.39, 0.29) is 23.0 Å². The molecule has 0 saturated carbocycles. The van der Waals surface area contributed by atoms with Crippen LogP contribution in [0.3, 0.4) is 0 Å². The third kappa shape index (κ3) is 2.15. The summed E-state index contributed by atoms with van der Waals surface area (Å²) in [5, 5.41) is 18.9. The van der Waals surface area contributed by atoms with Gasteiger partial charge in [0, 0.05) is 17.8 Å². The van der Waals surface area contributed by atoms with E-state index in [9.17, 15) is 9.90 Å². The number of hydrogen-bond acceptors (Lipinski definition) is 4. The van der Waals surface area contributed by atoms with E-state index in [4.69, 9.17) is 10.00 Å². The summed E-state index contributed by atoms with van der Waals surface area (Å²) < 4.78 is 5.04. The molecule has 0 fully saturated rings. The van der Waals surface area contributed by atoms with Gasteiger partial charge < -0.3 is 14.7 Å². The van der Waals surface area contributed by atoms with Gasteiger partial charge in [-0.1, -0.05) is 18.2 Å². The molecular weight excluding hydrogens is 280 g/mol. The molecule has 0 spiro atoms. The maximum atomic E-state index is 12.7. The second kappa shape index (κ2) is 5.41. The van der Waals surface area contributed by atoms with E-state index in [1.165, 1.54) is 19.2 Å². The van der Waals surface area contributed by atoms with Gasteiger partial charge in [-0.15, -0.1) is 0 Å². The van der Waals surface area contributed by atoms with Crippen LogP contribution in [0.1, 0.15) is 21.5 Å². The summed E-state index contributed by atoms with van der Waals surface area (Å²) in [6.45, 7) is 0.600. The normalized spacial score (nSPS) is 12.6. The number of phenolic OH excluding ortho intramolecular Hbond substituents is 1. The first kappa shape index (κ1) is 14.0. The quantitative estimate of drug-likeness (QED) is 0.923. The molecule has 110 valence electrons. The van der Waals surface area contributed by atoms with Gasteiger partial charge in [-0.2, -0.15) is 5.26 Å². The number of amides is 1. The van der Waals surface area contributed by atoms with Crippen molar-refractivity contribution < 1.29 is 14.6 Å². The molecule has 0 bridgehead atoms. The summed E-state index contributed by atoms with van der Waals surface area (Å²) >= 11 is 0. The van der Waals surface area contributed by atoms with Crippen LogP contribution < -0.4 is 9.64 Å². The van der Waals surface area contributed by atoms with Crippen LogP contribution in [0.25, 0.3) is 0 Å². The molecule has 22 heavy (non-hydrogen) atoms. The van der Waals surface area contributed by atoms with Crippen molar-refractivity contribution in [1.82, 2.24) is 0 Å². The Labute approximate surface area is 128 Å². The number of rotatable bonds is 2. The van der Waals surface area contributed by atoms with Crippen molar-refractivity contribution in [2.45, 2.75) is 6.42 Å². The highest BCUT2D eigenvalue weighted by Crippen LogP contribution is 2.33. The number of aromatic hydroxyl groups is 1. The number of nitrogens with zero attached hydrogens (tertiary/aromatic N) is 2. The predicted octanol–water partition coefficient (Wildman–Crippen LogP) is 2.48. The van der Waals surface area contributed by atoms with E-state index in [0.717, 1.165) is 17.7 Å². The van der Waals surface area contributed by atoms with Gasteiger partial charge in [0.05, 0.1) is 12.7 Å². The molecular formula is C17H14N2O3. The topological polar surface area (TPSA) is 73.6 Å². The number of hydrogen-bond donors (Lipinski definition) is 1. The first-order valence-electron chi connectivity index (χ1n) is 6.86. The molecule has 2 aromatic rings. The fourth-order valence-electron chi connectivity index (χ4n) is 2.68. The first-order chi connectivity index (χ1) is 10.7. The Balaban J connectivity index is 2.02. The van der Waals surface area contributed by atoms with Crippen molar-refractivity contribution in [3.8, 4) is 17.6 Å². The van der Waals surface area contributed by atoms with Crippen molar-refractivity contribution in [3.05, 3.63) is 53.1 Å². The second-order valence-electron chi connectivity index (χ2n) is 5.02. The molecule has 1 amide bonds. The molecule has 3 rings (SSSR count). The predicted molar refractivity (Wildman–Crippen MR) is 81.2 cm³/mol. The molecule has 0 aromatic heterocycles. The standard InChI is InChI=1S/C17H14N2O3/c1-22-15-9-12(8-13(10-18)16(15)20)17(21)19-7-6-11-4-2-3-5-14(11)19/h2-5,8-9,20H,6-7H2,1H3. The summed E-state index contributed by atoms with van der Waals surface area (Å²) in [6.07, 6.45) is 0.808. The Hall–Kier alpha value is -3.00. The first-order valence-corrected chi connectivity index (χ1v) is 6.86. The number of para-hydroxylation sites is 1. The summed E-state index contributed by atoms with van der Waals surface area (Å²) in [5.41, 5.74) is 2.36. The fraction of sp³-hybridized carbons (Fsp3) is 0.176. The number of phenols is 1. The van der Waals surface area contributed by atoms with Crippen molar-refractivity contribution in [2.75, 3.05) is 18.6 Å². The lowest BCUT2D eigenvalue weighted by atomic mass is 10.1. The van der Waals surface area contributed by atoms with E-state index in [1.54, 1.807) is 4.90 Å². The van der Waals surface area contributed by atoms with E-state index in [0.29, 0.717) is 12.1 Å². The molecule has 1 N–H and O–H groups in total. The zero-order valence-electron chi connectivity index (χ0n) is 12.0. The van der Waals surface area contributed by atoms with Gasteiger partial charge in [0.1, 0.15) is 6.07 Å². The largest absolute Gasteiger partial charge is 0.503 e. The zero-order chi connectivity index (χ0) is 15.7. The van der Waals surface area contributed by atoms with Crippen molar-refractivity contribution in [1.29, 1.82) is 5.26 Å². The number of carbonyl (C=O) groups excluding carboxylic acids is 1. The fourth-order valence-corrected chi connectivity index (χ4v) is 2.68. The van der Waals surface area contributed by atoms with E-state index >= 15 is 0 Å². The van der Waals surface area contributed by atoms with E-state index < -0.39 is 0 Å². The number of ether oxygens (including phenoxy) is 1. The minimum absolute atomic E-state index is 0.0233. The summed E-state index contributed by atoms with van der Waals surface area (Å²) in [4.78, 5) is 14.4. The number of benzene rings is 2. The van der Waals surface area contributed by atoms with Gasteiger partial charge in [0.15, 0.2) is 11.5 Å². The molecule has 2 aromatic carbocycles. The van der Waals surface area contributed by atoms with E-state index in [1.807, 2.05) is 30.3 Å². The number of anilines is 1. The lowest BCUT2D eigenvalue weighted by Gasteiger charge is -2.18. The van der Waals surface area contributed by atoms with Crippen molar-refractivity contribution in [3.63, 3.8) is 0 Å². The van der Waals surface area contributed by atoms with Crippen LogP contribution in [0.4, 0.5) is 5.69 Å². The number of methoxy groups -OCH3 is 1. The van der Waals surface area contributed by atoms with Gasteiger partial charge in [0.25, 0.3) is 5.91 Å². The van der Waals surface area contributed by atoms with Gasteiger partial charge in [-0.05, 0) is 30.2 Å². The highest BCUT2D eigenvalue weighted by atomic mass is 16.5. The average molecular weight is 294 g/mol. The molecule has 1 heterocycles. The number of fused-ring (bicyclic) bond motifs is 1. The second-order valence-corrected chi connectivity index (χ2v) is 5.02. The van der Waals surface area contributed by atoms with Crippen molar-refractivity contribution >= 4 is 11.6 Å².